The summed E-state index contributed by atoms with van der Waals surface area (Å²) < 4.78 is 11.6. The van der Waals surface area contributed by atoms with Gasteiger partial charge in [-0.05, 0) is 25.7 Å². The number of benzene rings is 1. The minimum atomic E-state index is -0.0215. The fourth-order valence-electron chi connectivity index (χ4n) is 2.12. The van der Waals surface area contributed by atoms with Crippen LogP contribution in [-0.4, -0.2) is 63.8 Å². The summed E-state index contributed by atoms with van der Waals surface area (Å²) >= 11 is 0. The fraction of sp³-hybridized carbons (Fsp3) is 0.562. The molecule has 0 bridgehead atoms. The number of guanidine groups is 1. The van der Waals surface area contributed by atoms with Crippen molar-refractivity contribution in [1.82, 2.24) is 15.5 Å². The second kappa shape index (κ2) is 8.48. The molecule has 1 heterocycles. The van der Waals surface area contributed by atoms with Crippen LogP contribution in [0.4, 0.5) is 0 Å². The first-order chi connectivity index (χ1) is 10.7. The van der Waals surface area contributed by atoms with Gasteiger partial charge in [-0.15, -0.1) is 0 Å². The number of hydrogen-bond donors (Lipinski definition) is 2. The third-order valence-corrected chi connectivity index (χ3v) is 3.61. The van der Waals surface area contributed by atoms with Crippen LogP contribution < -0.4 is 20.1 Å². The molecule has 0 aliphatic carbocycles. The van der Waals surface area contributed by atoms with Crippen molar-refractivity contribution < 1.29 is 9.47 Å². The van der Waals surface area contributed by atoms with Gasteiger partial charge in [0.15, 0.2) is 17.5 Å². The highest BCUT2D eigenvalue weighted by Crippen LogP contribution is 2.30. The van der Waals surface area contributed by atoms with Crippen molar-refractivity contribution in [3.05, 3.63) is 24.3 Å². The zero-order valence-corrected chi connectivity index (χ0v) is 13.6. The minimum Gasteiger partial charge on any atom is -0.486 e. The molecule has 0 spiro atoms. The van der Waals surface area contributed by atoms with Crippen molar-refractivity contribution in [2.24, 2.45) is 4.99 Å². The molecule has 2 rings (SSSR count). The number of ether oxygens (including phenoxy) is 2. The molecule has 1 aromatic carbocycles. The monoisotopic (exact) mass is 306 g/mol. The summed E-state index contributed by atoms with van der Waals surface area (Å²) in [5.41, 5.74) is 0. The number of hydrogen-bond acceptors (Lipinski definition) is 4. The van der Waals surface area contributed by atoms with Crippen LogP contribution in [-0.2, 0) is 0 Å². The van der Waals surface area contributed by atoms with Gasteiger partial charge in [-0.2, -0.15) is 0 Å². The van der Waals surface area contributed by atoms with Crippen LogP contribution in [0.15, 0.2) is 29.3 Å². The molecule has 0 saturated carbocycles. The van der Waals surface area contributed by atoms with E-state index in [0.29, 0.717) is 13.2 Å². The van der Waals surface area contributed by atoms with E-state index < -0.39 is 0 Å². The molecule has 0 aromatic heterocycles. The summed E-state index contributed by atoms with van der Waals surface area (Å²) in [6, 6.07) is 7.74. The first-order valence-corrected chi connectivity index (χ1v) is 7.74. The van der Waals surface area contributed by atoms with E-state index in [-0.39, 0.29) is 6.10 Å². The minimum absolute atomic E-state index is 0.0215. The highest BCUT2D eigenvalue weighted by molar-refractivity contribution is 5.79. The van der Waals surface area contributed by atoms with Crippen LogP contribution >= 0.6 is 0 Å². The Morgan fingerprint density at radius 2 is 2.09 bits per heavy atom. The molecule has 6 nitrogen and oxygen atoms in total. The molecule has 0 saturated heterocycles. The average molecular weight is 306 g/mol. The highest BCUT2D eigenvalue weighted by Gasteiger charge is 2.20. The van der Waals surface area contributed by atoms with Gasteiger partial charge in [-0.3, -0.25) is 4.99 Å². The predicted molar refractivity (Wildman–Crippen MR) is 88.9 cm³/mol. The van der Waals surface area contributed by atoms with Crippen molar-refractivity contribution in [3.8, 4) is 11.5 Å². The molecule has 122 valence electrons. The van der Waals surface area contributed by atoms with E-state index in [2.05, 4.69) is 34.5 Å². The van der Waals surface area contributed by atoms with Gasteiger partial charge in [0.25, 0.3) is 0 Å². The third kappa shape index (κ3) is 4.80. The van der Waals surface area contributed by atoms with Crippen molar-refractivity contribution in [3.63, 3.8) is 0 Å². The number of nitrogens with one attached hydrogen (secondary N) is 2. The summed E-state index contributed by atoms with van der Waals surface area (Å²) in [5.74, 6) is 2.39. The van der Waals surface area contributed by atoms with E-state index in [1.54, 1.807) is 7.05 Å². The molecule has 0 radical (unpaired) electrons. The largest absolute Gasteiger partial charge is 0.486 e. The third-order valence-electron chi connectivity index (χ3n) is 3.61. The first-order valence-electron chi connectivity index (χ1n) is 7.74. The maximum Gasteiger partial charge on any atom is 0.191 e. The molecule has 1 unspecified atom stereocenters. The lowest BCUT2D eigenvalue weighted by atomic mass is 10.2. The Morgan fingerprint density at radius 1 is 1.32 bits per heavy atom. The Balaban J connectivity index is 1.73. The zero-order chi connectivity index (χ0) is 15.8. The summed E-state index contributed by atoms with van der Waals surface area (Å²) in [6.45, 7) is 6.21. The van der Waals surface area contributed by atoms with E-state index in [9.17, 15) is 0 Å². The Kier molecular flexibility index (Phi) is 6.33. The predicted octanol–water partition coefficient (Wildman–Crippen LogP) is 0.943. The van der Waals surface area contributed by atoms with Crippen LogP contribution in [0, 0.1) is 0 Å². The maximum absolute atomic E-state index is 5.91. The molecule has 22 heavy (non-hydrogen) atoms. The van der Waals surface area contributed by atoms with Gasteiger partial charge in [-0.1, -0.05) is 19.1 Å². The second-order valence-corrected chi connectivity index (χ2v) is 5.27. The van der Waals surface area contributed by atoms with Gasteiger partial charge in [-0.25, -0.2) is 0 Å². The lowest BCUT2D eigenvalue weighted by Gasteiger charge is -2.27. The van der Waals surface area contributed by atoms with Crippen LogP contribution in [0.25, 0.3) is 0 Å². The van der Waals surface area contributed by atoms with E-state index in [1.165, 1.54) is 0 Å². The van der Waals surface area contributed by atoms with Crippen molar-refractivity contribution in [1.29, 1.82) is 0 Å². The second-order valence-electron chi connectivity index (χ2n) is 5.27. The average Bonchev–Trinajstić information content (AvgIpc) is 2.57. The van der Waals surface area contributed by atoms with Gasteiger partial charge in [0.2, 0.25) is 0 Å². The lowest BCUT2D eigenvalue weighted by Crippen LogP contribution is -2.46. The summed E-state index contributed by atoms with van der Waals surface area (Å²) in [4.78, 5) is 6.46. The Morgan fingerprint density at radius 3 is 2.82 bits per heavy atom. The molecule has 0 amide bonds. The highest BCUT2D eigenvalue weighted by atomic mass is 16.6. The molecule has 1 atom stereocenters. The van der Waals surface area contributed by atoms with Crippen LogP contribution in [0.3, 0.4) is 0 Å². The van der Waals surface area contributed by atoms with E-state index in [4.69, 9.17) is 9.47 Å². The molecular formula is C16H26N4O2. The van der Waals surface area contributed by atoms with E-state index >= 15 is 0 Å². The van der Waals surface area contributed by atoms with Crippen molar-refractivity contribution in [2.45, 2.75) is 13.0 Å². The van der Waals surface area contributed by atoms with Gasteiger partial charge >= 0.3 is 0 Å². The van der Waals surface area contributed by atoms with Gasteiger partial charge in [0, 0.05) is 20.1 Å². The fourth-order valence-corrected chi connectivity index (χ4v) is 2.12. The molecule has 1 aromatic rings. The maximum atomic E-state index is 5.91. The number of rotatable bonds is 6. The van der Waals surface area contributed by atoms with Crippen LogP contribution in [0.5, 0.6) is 11.5 Å². The van der Waals surface area contributed by atoms with Crippen molar-refractivity contribution in [2.75, 3.05) is 46.9 Å². The molecule has 1 aliphatic rings. The summed E-state index contributed by atoms with van der Waals surface area (Å²) in [7, 11) is 3.87. The Hall–Kier alpha value is -1.95. The standard InChI is InChI=1S/C16H26N4O2/c1-4-20(3)10-9-18-16(17-2)19-11-13-12-21-14-7-5-6-8-15(14)22-13/h5-8,13H,4,9-12H2,1-3H3,(H2,17,18,19). The van der Waals surface area contributed by atoms with E-state index in [1.807, 2.05) is 24.3 Å². The Bertz CT molecular complexity index is 493. The smallest absolute Gasteiger partial charge is 0.191 e. The quantitative estimate of drug-likeness (QED) is 0.605. The van der Waals surface area contributed by atoms with Crippen LogP contribution in [0.2, 0.25) is 0 Å². The summed E-state index contributed by atoms with van der Waals surface area (Å²) in [5, 5.41) is 6.57. The first kappa shape index (κ1) is 16.4. The molecular weight excluding hydrogens is 280 g/mol. The van der Waals surface area contributed by atoms with E-state index in [0.717, 1.165) is 37.1 Å². The van der Waals surface area contributed by atoms with Gasteiger partial charge in [0.05, 0.1) is 6.54 Å². The molecule has 2 N–H and O–H groups in total. The molecule has 0 fully saturated rings. The lowest BCUT2D eigenvalue weighted by molar-refractivity contribution is 0.0936. The van der Waals surface area contributed by atoms with Crippen molar-refractivity contribution >= 4 is 5.96 Å². The number of aliphatic imine (C=N–C) groups is 1. The molecule has 1 aliphatic heterocycles. The number of para-hydroxylation sites is 2. The SMILES string of the molecule is CCN(C)CCNC(=NC)NCC1COc2ccccc2O1. The topological polar surface area (TPSA) is 58.1 Å². The Labute approximate surface area is 132 Å². The zero-order valence-electron chi connectivity index (χ0n) is 13.6. The molecule has 6 heteroatoms. The van der Waals surface area contributed by atoms with Gasteiger partial charge in [0.1, 0.15) is 12.7 Å². The number of likely N-dealkylation sites (N-methyl/N-ethyl adjacent to an activating group) is 1. The van der Waals surface area contributed by atoms with Crippen LogP contribution in [0.1, 0.15) is 6.92 Å². The number of nitrogens with zero attached hydrogens (tertiary/aromatic N) is 2. The number of fused-ring (bicyclic) bond motifs is 1. The normalized spacial score (nSPS) is 17.5. The van der Waals surface area contributed by atoms with Gasteiger partial charge < -0.3 is 25.0 Å². The summed E-state index contributed by atoms with van der Waals surface area (Å²) in [6.07, 6.45) is -0.0215.